The Bertz CT molecular complexity index is 395. The number of likely N-dealkylation sites (tertiary alicyclic amines) is 1. The van der Waals surface area contributed by atoms with Gasteiger partial charge in [-0.1, -0.05) is 0 Å². The quantitative estimate of drug-likeness (QED) is 0.762. The standard InChI is InChI=1S/C13H23N3O4S/c1-15(2)13(20)16-6-4-9(5-7-16)11(17)14-10(8-21-3)12(18)19/h9-10H,4-8H2,1-3H3,(H,14,17)(H,18,19)/t10-/m0/s1. The van der Waals surface area contributed by atoms with Gasteiger partial charge in [0.15, 0.2) is 0 Å². The van der Waals surface area contributed by atoms with Crippen LogP contribution >= 0.6 is 11.8 Å². The zero-order valence-electron chi connectivity index (χ0n) is 12.7. The molecule has 2 N–H and O–H groups in total. The van der Waals surface area contributed by atoms with E-state index in [2.05, 4.69) is 5.32 Å². The number of nitrogens with one attached hydrogen (secondary N) is 1. The summed E-state index contributed by atoms with van der Waals surface area (Å²) >= 11 is 1.38. The first-order valence-electron chi connectivity index (χ1n) is 6.85. The average Bonchev–Trinajstić information content (AvgIpc) is 2.45. The summed E-state index contributed by atoms with van der Waals surface area (Å²) in [5, 5.41) is 11.6. The Hall–Kier alpha value is -1.44. The predicted molar refractivity (Wildman–Crippen MR) is 81.3 cm³/mol. The van der Waals surface area contributed by atoms with Gasteiger partial charge < -0.3 is 20.2 Å². The lowest BCUT2D eigenvalue weighted by Crippen LogP contribution is -2.49. The van der Waals surface area contributed by atoms with Crippen molar-refractivity contribution in [2.24, 2.45) is 5.92 Å². The maximum Gasteiger partial charge on any atom is 0.327 e. The van der Waals surface area contributed by atoms with Gasteiger partial charge in [0.2, 0.25) is 5.91 Å². The zero-order chi connectivity index (χ0) is 16.0. The van der Waals surface area contributed by atoms with E-state index in [1.54, 1.807) is 25.3 Å². The van der Waals surface area contributed by atoms with Gasteiger partial charge in [-0.2, -0.15) is 11.8 Å². The molecule has 0 bridgehead atoms. The second-order valence-corrected chi connectivity index (χ2v) is 6.20. The molecule has 1 rings (SSSR count). The van der Waals surface area contributed by atoms with Gasteiger partial charge in [0.1, 0.15) is 6.04 Å². The number of amides is 3. The maximum absolute atomic E-state index is 12.1. The van der Waals surface area contributed by atoms with Crippen LogP contribution in [0.25, 0.3) is 0 Å². The summed E-state index contributed by atoms with van der Waals surface area (Å²) in [6.45, 7) is 1.05. The molecule has 0 radical (unpaired) electrons. The highest BCUT2D eigenvalue weighted by atomic mass is 32.2. The topological polar surface area (TPSA) is 90.0 Å². The van der Waals surface area contributed by atoms with Gasteiger partial charge in [-0.15, -0.1) is 0 Å². The Morgan fingerprint density at radius 3 is 2.33 bits per heavy atom. The molecule has 1 saturated heterocycles. The molecule has 0 aliphatic carbocycles. The van der Waals surface area contributed by atoms with Crippen LogP contribution < -0.4 is 5.32 Å². The molecular formula is C13H23N3O4S. The molecular weight excluding hydrogens is 294 g/mol. The lowest BCUT2D eigenvalue weighted by molar-refractivity contribution is -0.142. The summed E-state index contributed by atoms with van der Waals surface area (Å²) in [5.41, 5.74) is 0. The molecule has 1 heterocycles. The summed E-state index contributed by atoms with van der Waals surface area (Å²) in [7, 11) is 3.39. The minimum atomic E-state index is -1.02. The SMILES string of the molecule is CSC[C@H](NC(=O)C1CCN(C(=O)N(C)C)CC1)C(=O)O. The fourth-order valence-corrected chi connectivity index (χ4v) is 2.81. The Balaban J connectivity index is 2.48. The number of hydrogen-bond donors (Lipinski definition) is 2. The molecule has 3 amide bonds. The predicted octanol–water partition coefficient (Wildman–Crippen LogP) is 0.312. The lowest BCUT2D eigenvalue weighted by atomic mass is 9.96. The van der Waals surface area contributed by atoms with Crippen molar-refractivity contribution >= 4 is 29.7 Å². The van der Waals surface area contributed by atoms with Crippen LogP contribution in [-0.4, -0.2) is 78.0 Å². The number of carbonyl (C=O) groups is 3. The number of hydrogen-bond acceptors (Lipinski definition) is 4. The number of urea groups is 1. The van der Waals surface area contributed by atoms with Crippen molar-refractivity contribution in [1.82, 2.24) is 15.1 Å². The third-order valence-corrected chi connectivity index (χ3v) is 4.13. The molecule has 0 aromatic rings. The normalized spacial score (nSPS) is 17.2. The highest BCUT2D eigenvalue weighted by molar-refractivity contribution is 7.98. The first kappa shape index (κ1) is 17.6. The summed E-state index contributed by atoms with van der Waals surface area (Å²) in [4.78, 5) is 38.2. The van der Waals surface area contributed by atoms with Gasteiger partial charge in [0, 0.05) is 38.9 Å². The molecule has 0 saturated carbocycles. The van der Waals surface area contributed by atoms with E-state index in [-0.39, 0.29) is 17.9 Å². The van der Waals surface area contributed by atoms with Crippen LogP contribution in [0.1, 0.15) is 12.8 Å². The molecule has 1 fully saturated rings. The minimum Gasteiger partial charge on any atom is -0.480 e. The van der Waals surface area contributed by atoms with Crippen molar-refractivity contribution in [3.05, 3.63) is 0 Å². The Morgan fingerprint density at radius 2 is 1.90 bits per heavy atom. The van der Waals surface area contributed by atoms with Gasteiger partial charge in [-0.05, 0) is 19.1 Å². The van der Waals surface area contributed by atoms with Crippen LogP contribution in [0.5, 0.6) is 0 Å². The number of carboxylic acids is 1. The van der Waals surface area contributed by atoms with E-state index in [0.717, 1.165) is 0 Å². The van der Waals surface area contributed by atoms with Crippen LogP contribution in [0.4, 0.5) is 4.79 Å². The van der Waals surface area contributed by atoms with Crippen LogP contribution in [-0.2, 0) is 9.59 Å². The number of carbonyl (C=O) groups excluding carboxylic acids is 2. The summed E-state index contributed by atoms with van der Waals surface area (Å²) in [5.74, 6) is -1.12. The first-order valence-corrected chi connectivity index (χ1v) is 8.24. The van der Waals surface area contributed by atoms with Crippen molar-refractivity contribution in [2.45, 2.75) is 18.9 Å². The number of piperidine rings is 1. The number of thioether (sulfide) groups is 1. The minimum absolute atomic E-state index is 0.0559. The number of nitrogens with zero attached hydrogens (tertiary/aromatic N) is 2. The molecule has 120 valence electrons. The van der Waals surface area contributed by atoms with Crippen molar-refractivity contribution in [3.63, 3.8) is 0 Å². The van der Waals surface area contributed by atoms with E-state index in [1.165, 1.54) is 16.7 Å². The maximum atomic E-state index is 12.1. The second-order valence-electron chi connectivity index (χ2n) is 5.29. The molecule has 8 heteroatoms. The average molecular weight is 317 g/mol. The van der Waals surface area contributed by atoms with Crippen molar-refractivity contribution in [2.75, 3.05) is 39.2 Å². The van der Waals surface area contributed by atoms with Gasteiger partial charge in [0.25, 0.3) is 0 Å². The molecule has 0 unspecified atom stereocenters. The van der Waals surface area contributed by atoms with Gasteiger partial charge >= 0.3 is 12.0 Å². The van der Waals surface area contributed by atoms with Crippen molar-refractivity contribution in [3.8, 4) is 0 Å². The van der Waals surface area contributed by atoms with Crippen LogP contribution in [0.2, 0.25) is 0 Å². The fourth-order valence-electron chi connectivity index (χ4n) is 2.25. The van der Waals surface area contributed by atoms with E-state index in [0.29, 0.717) is 31.7 Å². The van der Waals surface area contributed by atoms with E-state index >= 15 is 0 Å². The molecule has 1 atom stereocenters. The van der Waals surface area contributed by atoms with Crippen LogP contribution in [0.3, 0.4) is 0 Å². The van der Waals surface area contributed by atoms with Crippen molar-refractivity contribution < 1.29 is 19.5 Å². The van der Waals surface area contributed by atoms with E-state index in [9.17, 15) is 14.4 Å². The van der Waals surface area contributed by atoms with Gasteiger partial charge in [0.05, 0.1) is 0 Å². The van der Waals surface area contributed by atoms with E-state index < -0.39 is 12.0 Å². The molecule has 0 aromatic heterocycles. The van der Waals surface area contributed by atoms with Crippen molar-refractivity contribution in [1.29, 1.82) is 0 Å². The highest BCUT2D eigenvalue weighted by Gasteiger charge is 2.30. The first-order chi connectivity index (χ1) is 9.86. The van der Waals surface area contributed by atoms with E-state index in [1.807, 2.05) is 0 Å². The molecule has 1 aliphatic heterocycles. The summed E-state index contributed by atoms with van der Waals surface area (Å²) < 4.78 is 0. The summed E-state index contributed by atoms with van der Waals surface area (Å²) in [6, 6.07) is -0.909. The fraction of sp³-hybridized carbons (Fsp3) is 0.769. The Kier molecular flexibility index (Phi) is 6.80. The van der Waals surface area contributed by atoms with Gasteiger partial charge in [-0.25, -0.2) is 9.59 Å². The molecule has 21 heavy (non-hydrogen) atoms. The van der Waals surface area contributed by atoms with Crippen LogP contribution in [0.15, 0.2) is 0 Å². The van der Waals surface area contributed by atoms with Gasteiger partial charge in [-0.3, -0.25) is 4.79 Å². The number of aliphatic carboxylic acids is 1. The number of rotatable bonds is 5. The molecule has 7 nitrogen and oxygen atoms in total. The molecule has 0 spiro atoms. The monoisotopic (exact) mass is 317 g/mol. The highest BCUT2D eigenvalue weighted by Crippen LogP contribution is 2.18. The molecule has 0 aromatic carbocycles. The smallest absolute Gasteiger partial charge is 0.327 e. The second kappa shape index (κ2) is 8.11. The Labute approximate surface area is 129 Å². The van der Waals surface area contributed by atoms with Crippen LogP contribution in [0, 0.1) is 5.92 Å². The summed E-state index contributed by atoms with van der Waals surface area (Å²) in [6.07, 6.45) is 2.93. The zero-order valence-corrected chi connectivity index (χ0v) is 13.5. The third-order valence-electron chi connectivity index (χ3n) is 3.47. The lowest BCUT2D eigenvalue weighted by Gasteiger charge is -2.33. The Morgan fingerprint density at radius 1 is 1.33 bits per heavy atom. The molecule has 1 aliphatic rings. The van der Waals surface area contributed by atoms with E-state index in [4.69, 9.17) is 5.11 Å². The largest absolute Gasteiger partial charge is 0.480 e. The third kappa shape index (κ3) is 5.11. The number of carboxylic acid groups (broad SMARTS) is 1.